The average Bonchev–Trinajstić information content (AvgIpc) is 3.02. The maximum absolute atomic E-state index is 6.32. The second-order valence-electron chi connectivity index (χ2n) is 5.66. The highest BCUT2D eigenvalue weighted by atomic mass is 16.7. The maximum atomic E-state index is 6.32. The van der Waals surface area contributed by atoms with Crippen molar-refractivity contribution in [3.05, 3.63) is 0 Å². The van der Waals surface area contributed by atoms with E-state index in [1.807, 2.05) is 0 Å². The lowest BCUT2D eigenvalue weighted by Gasteiger charge is -2.39. The summed E-state index contributed by atoms with van der Waals surface area (Å²) in [6.45, 7) is 3.74. The van der Waals surface area contributed by atoms with Crippen molar-refractivity contribution in [3.63, 3.8) is 0 Å². The molecule has 3 atom stereocenters. The second-order valence-corrected chi connectivity index (χ2v) is 5.66. The third-order valence-corrected chi connectivity index (χ3v) is 4.36. The average molecular weight is 257 g/mol. The summed E-state index contributed by atoms with van der Waals surface area (Å²) >= 11 is 0. The van der Waals surface area contributed by atoms with E-state index >= 15 is 0 Å². The first kappa shape index (κ1) is 12.8. The number of rotatable bonds is 3. The number of nitrogens with two attached hydrogens (primary N) is 1. The van der Waals surface area contributed by atoms with E-state index < -0.39 is 0 Å². The summed E-state index contributed by atoms with van der Waals surface area (Å²) in [5.41, 5.74) is 6.27. The molecule has 3 fully saturated rings. The van der Waals surface area contributed by atoms with Crippen molar-refractivity contribution in [1.82, 2.24) is 0 Å². The number of ether oxygens (including phenoxy) is 4. The van der Waals surface area contributed by atoms with E-state index in [1.165, 1.54) is 0 Å². The number of hydrogen-bond acceptors (Lipinski definition) is 5. The molecule has 104 valence electrons. The van der Waals surface area contributed by atoms with Gasteiger partial charge >= 0.3 is 0 Å². The zero-order valence-electron chi connectivity index (χ0n) is 10.8. The van der Waals surface area contributed by atoms with Crippen LogP contribution in [0.15, 0.2) is 0 Å². The fraction of sp³-hybridized carbons (Fsp3) is 1.00. The van der Waals surface area contributed by atoms with E-state index in [-0.39, 0.29) is 17.9 Å². The predicted octanol–water partition coefficient (Wildman–Crippen LogP) is 0.662. The largest absolute Gasteiger partial charge is 0.378 e. The molecule has 3 rings (SSSR count). The molecule has 0 aromatic rings. The summed E-state index contributed by atoms with van der Waals surface area (Å²) in [5, 5.41) is 0. The summed E-state index contributed by atoms with van der Waals surface area (Å²) in [6, 6.07) is 0.134. The third kappa shape index (κ3) is 2.70. The molecule has 3 saturated heterocycles. The lowest BCUT2D eigenvalue weighted by Crippen LogP contribution is -2.46. The predicted molar refractivity (Wildman–Crippen MR) is 65.1 cm³/mol. The van der Waals surface area contributed by atoms with Crippen LogP contribution in [0.1, 0.15) is 25.7 Å². The van der Waals surface area contributed by atoms with Crippen molar-refractivity contribution < 1.29 is 18.9 Å². The molecule has 0 aromatic heterocycles. The second kappa shape index (κ2) is 5.43. The molecule has 5 nitrogen and oxygen atoms in total. The van der Waals surface area contributed by atoms with Crippen LogP contribution in [-0.2, 0) is 18.9 Å². The topological polar surface area (TPSA) is 62.9 Å². The van der Waals surface area contributed by atoms with Gasteiger partial charge in [0.2, 0.25) is 0 Å². The first-order chi connectivity index (χ1) is 8.77. The van der Waals surface area contributed by atoms with Gasteiger partial charge < -0.3 is 24.7 Å². The van der Waals surface area contributed by atoms with E-state index in [0.717, 1.165) is 45.5 Å². The summed E-state index contributed by atoms with van der Waals surface area (Å²) in [6.07, 6.45) is 3.75. The van der Waals surface area contributed by atoms with E-state index in [1.54, 1.807) is 0 Å². The Morgan fingerprint density at radius 3 is 2.72 bits per heavy atom. The molecule has 5 heteroatoms. The lowest BCUT2D eigenvalue weighted by molar-refractivity contribution is -0.108. The Morgan fingerprint density at radius 2 is 2.00 bits per heavy atom. The highest BCUT2D eigenvalue weighted by Gasteiger charge is 2.42. The SMILES string of the molecule is NC(CC1OCCO1)C1CCOC2(CCOC2)C1. The minimum atomic E-state index is -0.0985. The molecule has 0 amide bonds. The van der Waals surface area contributed by atoms with Crippen molar-refractivity contribution >= 4 is 0 Å². The van der Waals surface area contributed by atoms with Gasteiger partial charge in [-0.05, 0) is 18.8 Å². The van der Waals surface area contributed by atoms with Crippen LogP contribution in [0.2, 0.25) is 0 Å². The molecular formula is C13H23NO4. The van der Waals surface area contributed by atoms with Gasteiger partial charge in [-0.3, -0.25) is 0 Å². The Hall–Kier alpha value is -0.200. The Balaban J connectivity index is 1.54. The molecule has 3 heterocycles. The van der Waals surface area contributed by atoms with E-state index in [2.05, 4.69) is 0 Å². The van der Waals surface area contributed by atoms with Crippen LogP contribution in [-0.4, -0.2) is 51.0 Å². The van der Waals surface area contributed by atoms with Gasteiger partial charge in [0, 0.05) is 32.1 Å². The Kier molecular flexibility index (Phi) is 3.86. The monoisotopic (exact) mass is 257 g/mol. The van der Waals surface area contributed by atoms with Crippen molar-refractivity contribution in [2.75, 3.05) is 33.0 Å². The lowest BCUT2D eigenvalue weighted by atomic mass is 9.80. The summed E-state index contributed by atoms with van der Waals surface area (Å²) in [7, 11) is 0. The maximum Gasteiger partial charge on any atom is 0.159 e. The Labute approximate surface area is 108 Å². The molecule has 0 bridgehead atoms. The van der Waals surface area contributed by atoms with Crippen LogP contribution in [0, 0.1) is 5.92 Å². The van der Waals surface area contributed by atoms with Gasteiger partial charge in [-0.15, -0.1) is 0 Å². The smallest absolute Gasteiger partial charge is 0.159 e. The van der Waals surface area contributed by atoms with Gasteiger partial charge in [0.05, 0.1) is 25.4 Å². The Bertz CT molecular complexity index is 274. The van der Waals surface area contributed by atoms with Crippen molar-refractivity contribution in [2.45, 2.75) is 43.6 Å². The van der Waals surface area contributed by atoms with Crippen molar-refractivity contribution in [1.29, 1.82) is 0 Å². The van der Waals surface area contributed by atoms with Crippen LogP contribution in [0.4, 0.5) is 0 Å². The minimum Gasteiger partial charge on any atom is -0.378 e. The summed E-state index contributed by atoms with van der Waals surface area (Å²) in [4.78, 5) is 0. The molecule has 3 unspecified atom stereocenters. The fourth-order valence-electron chi connectivity index (χ4n) is 3.25. The van der Waals surface area contributed by atoms with E-state index in [0.29, 0.717) is 19.1 Å². The zero-order chi connectivity index (χ0) is 12.4. The molecule has 0 radical (unpaired) electrons. The van der Waals surface area contributed by atoms with E-state index in [9.17, 15) is 0 Å². The normalized spacial score (nSPS) is 39.5. The van der Waals surface area contributed by atoms with Gasteiger partial charge in [-0.1, -0.05) is 0 Å². The van der Waals surface area contributed by atoms with Gasteiger partial charge in [0.1, 0.15) is 0 Å². The molecule has 18 heavy (non-hydrogen) atoms. The first-order valence-electron chi connectivity index (χ1n) is 6.98. The fourth-order valence-corrected chi connectivity index (χ4v) is 3.25. The quantitative estimate of drug-likeness (QED) is 0.805. The number of hydrogen-bond donors (Lipinski definition) is 1. The molecule has 3 aliphatic rings. The molecular weight excluding hydrogens is 234 g/mol. The highest BCUT2D eigenvalue weighted by Crippen LogP contribution is 2.37. The first-order valence-corrected chi connectivity index (χ1v) is 6.98. The van der Waals surface area contributed by atoms with Crippen LogP contribution in [0.3, 0.4) is 0 Å². The third-order valence-electron chi connectivity index (χ3n) is 4.36. The zero-order valence-corrected chi connectivity index (χ0v) is 10.8. The van der Waals surface area contributed by atoms with Gasteiger partial charge in [-0.25, -0.2) is 0 Å². The molecule has 0 saturated carbocycles. The van der Waals surface area contributed by atoms with Crippen LogP contribution < -0.4 is 5.73 Å². The van der Waals surface area contributed by atoms with Gasteiger partial charge in [0.15, 0.2) is 6.29 Å². The van der Waals surface area contributed by atoms with Crippen LogP contribution in [0.5, 0.6) is 0 Å². The molecule has 2 N–H and O–H groups in total. The van der Waals surface area contributed by atoms with Crippen LogP contribution in [0.25, 0.3) is 0 Å². The minimum absolute atomic E-state index is 0.0576. The van der Waals surface area contributed by atoms with Gasteiger partial charge in [-0.2, -0.15) is 0 Å². The summed E-state index contributed by atoms with van der Waals surface area (Å²) < 4.78 is 22.4. The van der Waals surface area contributed by atoms with Crippen molar-refractivity contribution in [3.8, 4) is 0 Å². The van der Waals surface area contributed by atoms with E-state index in [4.69, 9.17) is 24.7 Å². The highest BCUT2D eigenvalue weighted by molar-refractivity contribution is 4.93. The standard InChI is InChI=1S/C13H23NO4/c14-11(7-12-16-5-6-17-12)10-1-3-18-13(8-10)2-4-15-9-13/h10-12H,1-9,14H2. The summed E-state index contributed by atoms with van der Waals surface area (Å²) in [5.74, 6) is 0.494. The van der Waals surface area contributed by atoms with Crippen LogP contribution >= 0.6 is 0 Å². The molecule has 0 aromatic carbocycles. The Morgan fingerprint density at radius 1 is 1.17 bits per heavy atom. The van der Waals surface area contributed by atoms with Crippen molar-refractivity contribution in [2.24, 2.45) is 11.7 Å². The van der Waals surface area contributed by atoms with Gasteiger partial charge in [0.25, 0.3) is 0 Å². The molecule has 1 spiro atoms. The molecule has 3 aliphatic heterocycles. The molecule has 0 aliphatic carbocycles.